The Morgan fingerprint density at radius 1 is 1.05 bits per heavy atom. The summed E-state index contributed by atoms with van der Waals surface area (Å²) >= 11 is 0. The first-order valence-electron chi connectivity index (χ1n) is 13.4. The molecule has 1 saturated heterocycles. The van der Waals surface area contributed by atoms with Crippen molar-refractivity contribution in [1.29, 1.82) is 0 Å². The Hall–Kier alpha value is -4.38. The van der Waals surface area contributed by atoms with E-state index < -0.39 is 17.6 Å². The molecule has 3 aromatic rings. The summed E-state index contributed by atoms with van der Waals surface area (Å²) in [4.78, 5) is 43.9. The highest BCUT2D eigenvalue weighted by Gasteiger charge is 2.31. The summed E-state index contributed by atoms with van der Waals surface area (Å²) in [6, 6.07) is 8.92. The molecule has 5 rings (SSSR count). The van der Waals surface area contributed by atoms with Crippen molar-refractivity contribution in [2.24, 2.45) is 0 Å². The molecule has 214 valence electrons. The fraction of sp³-hybridized carbons (Fsp3) is 0.300. The van der Waals surface area contributed by atoms with Crippen molar-refractivity contribution in [1.82, 2.24) is 15.2 Å². The average Bonchev–Trinajstić information content (AvgIpc) is 3.62. The van der Waals surface area contributed by atoms with E-state index in [0.29, 0.717) is 46.0 Å². The summed E-state index contributed by atoms with van der Waals surface area (Å²) in [7, 11) is 0. The van der Waals surface area contributed by atoms with Gasteiger partial charge in [-0.15, -0.1) is 0 Å². The van der Waals surface area contributed by atoms with Gasteiger partial charge in [0.25, 0.3) is 17.7 Å². The van der Waals surface area contributed by atoms with Gasteiger partial charge in [0.2, 0.25) is 0 Å². The monoisotopic (exact) mass is 565 g/mol. The second-order valence-corrected chi connectivity index (χ2v) is 10.3. The summed E-state index contributed by atoms with van der Waals surface area (Å²) in [6.45, 7) is 7.12. The molecule has 11 heteroatoms. The van der Waals surface area contributed by atoms with E-state index >= 15 is 0 Å². The second kappa shape index (κ2) is 11.2. The van der Waals surface area contributed by atoms with E-state index in [9.17, 15) is 27.6 Å². The van der Waals surface area contributed by atoms with Gasteiger partial charge in [0.05, 0.1) is 22.4 Å². The molecule has 2 aliphatic rings. The minimum Gasteiger partial charge on any atom is -0.358 e. The summed E-state index contributed by atoms with van der Waals surface area (Å²) < 4.78 is 39.1. The SMILES string of the molecule is Cc1[nH]c(C=C2C(=O)Nc3cc(NC(=O)c4cccc(C(F)(F)F)c4)ccc32)c(C)c1C(=O)NCCN1CCCC1. The summed E-state index contributed by atoms with van der Waals surface area (Å²) in [5, 5.41) is 8.34. The number of H-pyrrole nitrogens is 1. The molecule has 2 aromatic carbocycles. The fourth-order valence-corrected chi connectivity index (χ4v) is 5.28. The van der Waals surface area contributed by atoms with Gasteiger partial charge in [-0.3, -0.25) is 14.4 Å². The molecule has 0 atom stereocenters. The number of halogens is 3. The zero-order chi connectivity index (χ0) is 29.3. The van der Waals surface area contributed by atoms with Crippen molar-refractivity contribution in [2.75, 3.05) is 36.8 Å². The number of rotatable bonds is 7. The van der Waals surface area contributed by atoms with Gasteiger partial charge in [-0.1, -0.05) is 12.1 Å². The van der Waals surface area contributed by atoms with Gasteiger partial charge in [-0.25, -0.2) is 0 Å². The minimum atomic E-state index is -4.56. The predicted molar refractivity (Wildman–Crippen MR) is 151 cm³/mol. The molecule has 0 aliphatic carbocycles. The predicted octanol–water partition coefficient (Wildman–Crippen LogP) is 5.22. The highest BCUT2D eigenvalue weighted by molar-refractivity contribution is 6.35. The van der Waals surface area contributed by atoms with Gasteiger partial charge in [0, 0.05) is 41.3 Å². The van der Waals surface area contributed by atoms with Crippen LogP contribution in [-0.2, 0) is 11.0 Å². The number of likely N-dealkylation sites (tertiary alicyclic amines) is 1. The van der Waals surface area contributed by atoms with E-state index in [0.717, 1.165) is 37.3 Å². The molecule has 2 aliphatic heterocycles. The Morgan fingerprint density at radius 2 is 1.80 bits per heavy atom. The maximum Gasteiger partial charge on any atom is 0.416 e. The second-order valence-electron chi connectivity index (χ2n) is 10.3. The number of hydrogen-bond donors (Lipinski definition) is 4. The third kappa shape index (κ3) is 6.04. The van der Waals surface area contributed by atoms with Crippen molar-refractivity contribution >= 4 is 40.7 Å². The zero-order valence-corrected chi connectivity index (χ0v) is 22.7. The summed E-state index contributed by atoms with van der Waals surface area (Å²) in [6.07, 6.45) is -0.501. The summed E-state index contributed by atoms with van der Waals surface area (Å²) in [5.41, 5.74) is 3.26. The Bertz CT molecular complexity index is 1550. The normalized spacial score (nSPS) is 16.1. The first-order chi connectivity index (χ1) is 19.5. The number of aryl methyl sites for hydroxylation is 1. The van der Waals surface area contributed by atoms with Crippen LogP contribution in [0.4, 0.5) is 24.5 Å². The van der Waals surface area contributed by atoms with Gasteiger partial charge in [0.1, 0.15) is 0 Å². The van der Waals surface area contributed by atoms with Crippen molar-refractivity contribution in [3.63, 3.8) is 0 Å². The molecule has 4 N–H and O–H groups in total. The maximum atomic E-state index is 13.0. The number of nitrogens with one attached hydrogen (secondary N) is 4. The van der Waals surface area contributed by atoms with Gasteiger partial charge in [-0.2, -0.15) is 13.2 Å². The van der Waals surface area contributed by atoms with E-state index in [4.69, 9.17) is 0 Å². The molecule has 1 fully saturated rings. The van der Waals surface area contributed by atoms with Gasteiger partial charge < -0.3 is 25.8 Å². The lowest BCUT2D eigenvalue weighted by molar-refractivity contribution is -0.137. The van der Waals surface area contributed by atoms with Crippen LogP contribution in [-0.4, -0.2) is 53.8 Å². The Balaban J connectivity index is 1.31. The molecule has 41 heavy (non-hydrogen) atoms. The zero-order valence-electron chi connectivity index (χ0n) is 22.7. The largest absolute Gasteiger partial charge is 0.416 e. The van der Waals surface area contributed by atoms with Crippen LogP contribution in [0.5, 0.6) is 0 Å². The smallest absolute Gasteiger partial charge is 0.358 e. The number of carbonyl (C=O) groups excluding carboxylic acids is 3. The average molecular weight is 566 g/mol. The van der Waals surface area contributed by atoms with Gasteiger partial charge >= 0.3 is 6.18 Å². The van der Waals surface area contributed by atoms with Crippen LogP contribution < -0.4 is 16.0 Å². The molecule has 0 saturated carbocycles. The molecule has 0 radical (unpaired) electrons. The van der Waals surface area contributed by atoms with Crippen LogP contribution in [0.1, 0.15) is 61.6 Å². The number of alkyl halides is 3. The number of hydrogen-bond acceptors (Lipinski definition) is 4. The molecule has 0 bridgehead atoms. The molecular formula is C30H30F3N5O3. The van der Waals surface area contributed by atoms with E-state index in [1.54, 1.807) is 24.3 Å². The molecular weight excluding hydrogens is 535 g/mol. The quantitative estimate of drug-likeness (QED) is 0.295. The van der Waals surface area contributed by atoms with Gasteiger partial charge in [-0.05, 0) is 81.7 Å². The Kier molecular flexibility index (Phi) is 7.72. The highest BCUT2D eigenvalue weighted by Crippen LogP contribution is 2.36. The minimum absolute atomic E-state index is 0.140. The number of aromatic amines is 1. The molecule has 3 amide bonds. The maximum absolute atomic E-state index is 13.0. The van der Waals surface area contributed by atoms with Crippen LogP contribution in [0.2, 0.25) is 0 Å². The lowest BCUT2D eigenvalue weighted by atomic mass is 10.0. The lowest BCUT2D eigenvalue weighted by Crippen LogP contribution is -2.33. The number of fused-ring (bicyclic) bond motifs is 1. The lowest BCUT2D eigenvalue weighted by Gasteiger charge is -2.14. The van der Waals surface area contributed by atoms with E-state index in [-0.39, 0.29) is 17.4 Å². The van der Waals surface area contributed by atoms with Crippen LogP contribution in [0.25, 0.3) is 11.6 Å². The van der Waals surface area contributed by atoms with E-state index in [2.05, 4.69) is 25.8 Å². The van der Waals surface area contributed by atoms with Crippen LogP contribution >= 0.6 is 0 Å². The van der Waals surface area contributed by atoms with Crippen LogP contribution in [0, 0.1) is 13.8 Å². The number of nitrogens with zero attached hydrogens (tertiary/aromatic N) is 1. The van der Waals surface area contributed by atoms with Crippen molar-refractivity contribution in [3.8, 4) is 0 Å². The van der Waals surface area contributed by atoms with Gasteiger partial charge in [0.15, 0.2) is 0 Å². The first-order valence-corrected chi connectivity index (χ1v) is 13.4. The van der Waals surface area contributed by atoms with Crippen molar-refractivity contribution < 1.29 is 27.6 Å². The number of carbonyl (C=O) groups is 3. The molecule has 8 nitrogen and oxygen atoms in total. The topological polar surface area (TPSA) is 106 Å². The van der Waals surface area contributed by atoms with E-state index in [1.807, 2.05) is 13.8 Å². The number of benzene rings is 2. The number of anilines is 2. The molecule has 3 heterocycles. The van der Waals surface area contributed by atoms with Crippen LogP contribution in [0.3, 0.4) is 0 Å². The molecule has 0 spiro atoms. The Labute approximate surface area is 235 Å². The number of amides is 3. The highest BCUT2D eigenvalue weighted by atomic mass is 19.4. The third-order valence-electron chi connectivity index (χ3n) is 7.42. The fourth-order valence-electron chi connectivity index (χ4n) is 5.28. The first kappa shape index (κ1) is 28.2. The third-order valence-corrected chi connectivity index (χ3v) is 7.42. The standard InChI is InChI=1S/C30H30F3N5O3/c1-17-24(35-18(2)26(17)29(41)34-10-13-38-11-3-4-12-38)16-23-22-9-8-21(15-25(22)37-28(23)40)36-27(39)19-6-5-7-20(14-19)30(31,32)33/h5-9,14-16,35H,3-4,10-13H2,1-2H3,(H,34,41)(H,36,39)(H,37,40). The van der Waals surface area contributed by atoms with Crippen molar-refractivity contribution in [2.45, 2.75) is 32.9 Å². The van der Waals surface area contributed by atoms with E-state index in [1.165, 1.54) is 25.0 Å². The van der Waals surface area contributed by atoms with Crippen LogP contribution in [0.15, 0.2) is 42.5 Å². The Morgan fingerprint density at radius 3 is 2.54 bits per heavy atom. The molecule has 1 aromatic heterocycles. The summed E-state index contributed by atoms with van der Waals surface area (Å²) in [5.74, 6) is -1.23. The molecule has 0 unspecified atom stereocenters. The van der Waals surface area contributed by atoms with Crippen molar-refractivity contribution in [3.05, 3.63) is 81.7 Å². The number of aromatic nitrogens is 1.